The van der Waals surface area contributed by atoms with Crippen LogP contribution in [0.5, 0.6) is 0 Å². The van der Waals surface area contributed by atoms with Crippen molar-refractivity contribution in [2.45, 2.75) is 128 Å². The van der Waals surface area contributed by atoms with Gasteiger partial charge in [-0.3, -0.25) is 4.79 Å². The summed E-state index contributed by atoms with van der Waals surface area (Å²) >= 11 is 0. The van der Waals surface area contributed by atoms with Gasteiger partial charge in [0.1, 0.15) is 6.04 Å². The molecule has 7 rings (SSSR count). The molecule has 6 fully saturated rings. The van der Waals surface area contributed by atoms with Crippen molar-refractivity contribution in [2.24, 2.45) is 45.1 Å². The largest absolute Gasteiger partial charge is 0.390 e. The fraction of sp³-hybridized carbons (Fsp3) is 0.750. The summed E-state index contributed by atoms with van der Waals surface area (Å²) in [7, 11) is -4.02. The number of carbonyl (C=O) groups is 1. The number of hydrogen-bond donors (Lipinski definition) is 3. The van der Waals surface area contributed by atoms with Crippen LogP contribution in [0, 0.1) is 46.3 Å². The zero-order chi connectivity index (χ0) is 32.3. The molecule has 6 aliphatic rings. The predicted octanol–water partition coefficient (Wildman–Crippen LogP) is 4.71. The first-order chi connectivity index (χ1) is 21.2. The molecule has 0 radical (unpaired) electrons. The number of fused-ring (bicyclic) bond motifs is 4. The normalized spacial score (nSPS) is 46.8. The van der Waals surface area contributed by atoms with E-state index in [0.717, 1.165) is 44.1 Å². The van der Waals surface area contributed by atoms with E-state index in [4.69, 9.17) is 10.5 Å². The van der Waals surface area contributed by atoms with Gasteiger partial charge in [0.15, 0.2) is 0 Å². The van der Waals surface area contributed by atoms with Crippen LogP contribution < -0.4 is 5.73 Å². The van der Waals surface area contributed by atoms with Gasteiger partial charge in [-0.25, -0.2) is 8.42 Å². The number of amides is 1. The average molecular weight is 641 g/mol. The predicted molar refractivity (Wildman–Crippen MR) is 171 cm³/mol. The van der Waals surface area contributed by atoms with Crippen LogP contribution in [0.2, 0.25) is 0 Å². The molecule has 7 unspecified atom stereocenters. The third-order valence-corrected chi connectivity index (χ3v) is 16.7. The molecule has 5 saturated carbocycles. The summed E-state index contributed by atoms with van der Waals surface area (Å²) in [5.74, 6) is 0.324. The van der Waals surface area contributed by atoms with E-state index in [-0.39, 0.29) is 51.2 Å². The fourth-order valence-corrected chi connectivity index (χ4v) is 13.8. The molecule has 5 aliphatic carbocycles. The Morgan fingerprint density at radius 1 is 1.07 bits per heavy atom. The smallest absolute Gasteiger partial charge is 0.243 e. The number of primary amides is 1. The summed E-state index contributed by atoms with van der Waals surface area (Å²) in [4.78, 5) is 12.5. The second-order valence-electron chi connectivity index (χ2n) is 16.0. The lowest BCUT2D eigenvalue weighted by Gasteiger charge is -2.61. The molecular weight excluding hydrogens is 588 g/mol. The van der Waals surface area contributed by atoms with Crippen LogP contribution in [0.1, 0.15) is 91.0 Å². The standard InChI is InChI=1S/C36H52N2O6S/c1-6-25-26-13-14-29-34(5)31(40)30-27(33(34,4)17-18-36(29)20-35(26,36)16-15-28(25)39)12-9-23(44-30)19-38(22(3)32(37)41)45(42,43)24-10-7-21(2)8-11-24/h6-8,10-11,22-23,26-31,39-40H,9,12-20H2,1-5H3,(H2,37,41)/b25-6+/t22-,23?,26-,27-,28?,29?,30?,31-,33?,34+,35?,36?/m0/s1. The maximum Gasteiger partial charge on any atom is 0.243 e. The number of rotatable bonds is 6. The number of nitrogens with two attached hydrogens (primary N) is 1. The van der Waals surface area contributed by atoms with Gasteiger partial charge in [-0.2, -0.15) is 4.31 Å². The topological polar surface area (TPSA) is 130 Å². The van der Waals surface area contributed by atoms with Gasteiger partial charge in [0, 0.05) is 12.0 Å². The first-order valence-corrected chi connectivity index (χ1v) is 18.7. The molecule has 4 N–H and O–H groups in total. The summed E-state index contributed by atoms with van der Waals surface area (Å²) in [6.07, 6.45) is 9.34. The van der Waals surface area contributed by atoms with Gasteiger partial charge in [0.2, 0.25) is 15.9 Å². The summed E-state index contributed by atoms with van der Waals surface area (Å²) in [6.45, 7) is 10.2. The van der Waals surface area contributed by atoms with Crippen molar-refractivity contribution >= 4 is 15.9 Å². The van der Waals surface area contributed by atoms with E-state index < -0.39 is 34.2 Å². The number of aliphatic hydroxyl groups excluding tert-OH is 2. The van der Waals surface area contributed by atoms with Gasteiger partial charge in [0.25, 0.3) is 0 Å². The number of allylic oxidation sites excluding steroid dienone is 1. The number of benzene rings is 1. The SMILES string of the molecule is C/C=C1/C(O)CCC23CC24CCC2(C)[C@H]5CCC(CN([C@@H](C)C(N)=O)S(=O)(=O)c6ccc(C)cc6)OC5[C@H](O)[C@@]2(C)C4CC[C@@H]13. The first-order valence-electron chi connectivity index (χ1n) is 17.2. The number of aryl methyl sites for hydroxylation is 1. The van der Waals surface area contributed by atoms with Crippen molar-refractivity contribution < 1.29 is 28.2 Å². The minimum atomic E-state index is -4.02. The van der Waals surface area contributed by atoms with Gasteiger partial charge in [0.05, 0.1) is 29.3 Å². The van der Waals surface area contributed by atoms with Crippen LogP contribution in [0.25, 0.3) is 0 Å². The van der Waals surface area contributed by atoms with Gasteiger partial charge < -0.3 is 20.7 Å². The van der Waals surface area contributed by atoms with Crippen LogP contribution in [0.15, 0.2) is 40.8 Å². The molecular formula is C36H52N2O6S. The van der Waals surface area contributed by atoms with Crippen LogP contribution >= 0.6 is 0 Å². The monoisotopic (exact) mass is 640 g/mol. The molecule has 1 aliphatic heterocycles. The van der Waals surface area contributed by atoms with E-state index in [1.165, 1.54) is 29.6 Å². The van der Waals surface area contributed by atoms with Crippen LogP contribution in [0.3, 0.4) is 0 Å². The van der Waals surface area contributed by atoms with E-state index in [2.05, 4.69) is 26.8 Å². The number of ether oxygens (including phenoxy) is 1. The molecule has 248 valence electrons. The zero-order valence-electron chi connectivity index (χ0n) is 27.5. The lowest BCUT2D eigenvalue weighted by molar-refractivity contribution is -0.160. The molecule has 1 aromatic carbocycles. The van der Waals surface area contributed by atoms with Crippen molar-refractivity contribution in [2.75, 3.05) is 6.54 Å². The number of hydrogen-bond acceptors (Lipinski definition) is 6. The number of nitrogens with zero attached hydrogens (tertiary/aromatic N) is 1. The van der Waals surface area contributed by atoms with E-state index in [0.29, 0.717) is 18.3 Å². The van der Waals surface area contributed by atoms with Gasteiger partial charge in [-0.05, 0) is 130 Å². The van der Waals surface area contributed by atoms with E-state index in [9.17, 15) is 23.4 Å². The second-order valence-corrected chi connectivity index (χ2v) is 17.9. The summed E-state index contributed by atoms with van der Waals surface area (Å²) in [6, 6.07) is 5.59. The highest BCUT2D eigenvalue weighted by atomic mass is 32.2. The highest BCUT2D eigenvalue weighted by Gasteiger charge is 2.83. The molecule has 1 saturated heterocycles. The minimum absolute atomic E-state index is 0.0102. The molecule has 1 heterocycles. The zero-order valence-corrected chi connectivity index (χ0v) is 28.4. The van der Waals surface area contributed by atoms with E-state index >= 15 is 0 Å². The fourth-order valence-electron chi connectivity index (χ4n) is 12.2. The Hall–Kier alpha value is -1.78. The van der Waals surface area contributed by atoms with Crippen LogP contribution in [0.4, 0.5) is 0 Å². The molecule has 8 nitrogen and oxygen atoms in total. The molecule has 9 heteroatoms. The Labute approximate surface area is 268 Å². The van der Waals surface area contributed by atoms with Gasteiger partial charge >= 0.3 is 0 Å². The number of aliphatic hydroxyl groups is 2. The summed E-state index contributed by atoms with van der Waals surface area (Å²) < 4.78 is 35.6. The molecule has 12 atom stereocenters. The Kier molecular flexibility index (Phi) is 7.32. The lowest BCUT2D eigenvalue weighted by Crippen LogP contribution is -2.57. The van der Waals surface area contributed by atoms with E-state index in [1.54, 1.807) is 24.3 Å². The number of carbonyl (C=O) groups excluding carboxylic acids is 1. The third kappa shape index (κ3) is 4.09. The molecule has 1 aromatic rings. The maximum atomic E-state index is 13.8. The highest BCUT2D eigenvalue weighted by molar-refractivity contribution is 7.89. The van der Waals surface area contributed by atoms with Crippen molar-refractivity contribution in [3.63, 3.8) is 0 Å². The molecule has 0 aromatic heterocycles. The molecule has 2 spiro atoms. The average Bonchev–Trinajstić information content (AvgIpc) is 3.65. The van der Waals surface area contributed by atoms with Gasteiger partial charge in [-0.1, -0.05) is 37.6 Å². The maximum absolute atomic E-state index is 13.8. The molecule has 0 bridgehead atoms. The van der Waals surface area contributed by atoms with E-state index in [1.807, 2.05) is 6.92 Å². The van der Waals surface area contributed by atoms with Crippen molar-refractivity contribution in [1.29, 1.82) is 0 Å². The summed E-state index contributed by atoms with van der Waals surface area (Å²) in [5, 5.41) is 23.2. The Morgan fingerprint density at radius 3 is 2.44 bits per heavy atom. The second kappa shape index (κ2) is 10.4. The Bertz CT molecular complexity index is 1510. The lowest BCUT2D eigenvalue weighted by atomic mass is 9.43. The summed E-state index contributed by atoms with van der Waals surface area (Å²) in [5.41, 5.74) is 7.92. The third-order valence-electron chi connectivity index (χ3n) is 14.7. The van der Waals surface area contributed by atoms with Gasteiger partial charge in [-0.15, -0.1) is 0 Å². The van der Waals surface area contributed by atoms with Crippen molar-refractivity contribution in [3.8, 4) is 0 Å². The van der Waals surface area contributed by atoms with Crippen LogP contribution in [-0.4, -0.2) is 65.8 Å². The quantitative estimate of drug-likeness (QED) is 0.387. The molecule has 45 heavy (non-hydrogen) atoms. The molecule has 1 amide bonds. The first kappa shape index (κ1) is 31.8. The Balaban J connectivity index is 1.16. The highest BCUT2D eigenvalue weighted by Crippen LogP contribution is 2.88. The minimum Gasteiger partial charge on any atom is -0.390 e. The number of sulfonamides is 1. The van der Waals surface area contributed by atoms with Crippen LogP contribution in [-0.2, 0) is 19.6 Å². The Morgan fingerprint density at radius 2 is 1.78 bits per heavy atom. The van der Waals surface area contributed by atoms with Crippen molar-refractivity contribution in [3.05, 3.63) is 41.5 Å². The van der Waals surface area contributed by atoms with Crippen molar-refractivity contribution in [1.82, 2.24) is 4.31 Å².